The number of rotatable bonds is 2. The number of hydroxylamine groups is 1. The number of nitrogens with one attached hydrogen (secondary N) is 2. The molecule has 1 heterocycles. The molecule has 3 N–H and O–H groups in total. The number of aldehydes is 1. The van der Waals surface area contributed by atoms with Crippen molar-refractivity contribution in [3.63, 3.8) is 0 Å². The molecule has 7 nitrogen and oxygen atoms in total. The quantitative estimate of drug-likeness (QED) is 0.394. The van der Waals surface area contributed by atoms with Crippen LogP contribution in [-0.2, 0) is 14.4 Å². The SMILES string of the molecule is CC(=O)NCC(=O)NO.CC=O.c1cscn1. The van der Waals surface area contributed by atoms with Crippen molar-refractivity contribution in [3.8, 4) is 0 Å². The van der Waals surface area contributed by atoms with E-state index in [9.17, 15) is 9.59 Å². The summed E-state index contributed by atoms with van der Waals surface area (Å²) in [6.45, 7) is 2.54. The van der Waals surface area contributed by atoms with Crippen LogP contribution in [0.2, 0.25) is 0 Å². The van der Waals surface area contributed by atoms with E-state index >= 15 is 0 Å². The highest BCUT2D eigenvalue weighted by Gasteiger charge is 1.97. The van der Waals surface area contributed by atoms with E-state index in [0.29, 0.717) is 0 Å². The molecule has 0 saturated carbocycles. The molecule has 2 amide bonds. The van der Waals surface area contributed by atoms with Crippen LogP contribution in [0.15, 0.2) is 17.1 Å². The van der Waals surface area contributed by atoms with Crippen LogP contribution >= 0.6 is 11.3 Å². The van der Waals surface area contributed by atoms with Crippen molar-refractivity contribution in [2.45, 2.75) is 13.8 Å². The van der Waals surface area contributed by atoms with Crippen molar-refractivity contribution < 1.29 is 19.6 Å². The van der Waals surface area contributed by atoms with Gasteiger partial charge in [-0.05, 0) is 6.92 Å². The van der Waals surface area contributed by atoms with Gasteiger partial charge in [-0.1, -0.05) is 0 Å². The third-order valence-electron chi connectivity index (χ3n) is 0.970. The van der Waals surface area contributed by atoms with Gasteiger partial charge in [0, 0.05) is 18.5 Å². The second kappa shape index (κ2) is 14.2. The molecule has 0 aromatic carbocycles. The average Bonchev–Trinajstić information content (AvgIpc) is 2.85. The number of hydrogen-bond acceptors (Lipinski definition) is 6. The first-order valence-electron chi connectivity index (χ1n) is 4.47. The largest absolute Gasteiger partial charge is 0.347 e. The first-order chi connectivity index (χ1) is 8.08. The first kappa shape index (κ1) is 17.6. The standard InChI is InChI=1S/C4H8N2O3.C3H3NS.C2H4O/c1-3(7)5-2-4(8)6-9;1-2-5-3-4-1;1-2-3/h9H,2H2,1H3,(H,5,7)(H,6,8);1-3H;2H,1H3. The van der Waals surface area contributed by atoms with Crippen LogP contribution in [0.25, 0.3) is 0 Å². The second-order valence-electron chi connectivity index (χ2n) is 2.36. The third kappa shape index (κ3) is 20.3. The summed E-state index contributed by atoms with van der Waals surface area (Å²) in [4.78, 5) is 32.8. The van der Waals surface area contributed by atoms with Gasteiger partial charge in [0.25, 0.3) is 5.91 Å². The van der Waals surface area contributed by atoms with E-state index < -0.39 is 5.91 Å². The maximum Gasteiger partial charge on any atom is 0.262 e. The number of hydrogen-bond donors (Lipinski definition) is 3. The van der Waals surface area contributed by atoms with Gasteiger partial charge in [-0.15, -0.1) is 11.3 Å². The predicted molar refractivity (Wildman–Crippen MR) is 62.5 cm³/mol. The fraction of sp³-hybridized carbons (Fsp3) is 0.333. The monoisotopic (exact) mass is 261 g/mol. The molecule has 0 aliphatic carbocycles. The Morgan fingerprint density at radius 2 is 2.12 bits per heavy atom. The number of carbonyl (C=O) groups is 3. The van der Waals surface area contributed by atoms with E-state index in [1.165, 1.54) is 19.3 Å². The van der Waals surface area contributed by atoms with Gasteiger partial charge in [-0.2, -0.15) is 0 Å². The molecule has 0 bridgehead atoms. The summed E-state index contributed by atoms with van der Waals surface area (Å²) in [5.41, 5.74) is 3.16. The maximum atomic E-state index is 10.1. The molecule has 0 aliphatic heterocycles. The van der Waals surface area contributed by atoms with Crippen LogP contribution in [-0.4, -0.2) is 34.8 Å². The summed E-state index contributed by atoms with van der Waals surface area (Å²) in [5, 5.41) is 12.0. The van der Waals surface area contributed by atoms with Crippen molar-refractivity contribution in [1.82, 2.24) is 15.8 Å². The van der Waals surface area contributed by atoms with Crippen molar-refractivity contribution in [2.24, 2.45) is 0 Å². The summed E-state index contributed by atoms with van der Waals surface area (Å²) in [5.74, 6) is -0.941. The molecule has 0 saturated heterocycles. The van der Waals surface area contributed by atoms with Gasteiger partial charge >= 0.3 is 0 Å². The zero-order valence-electron chi connectivity index (χ0n) is 9.54. The number of aromatic nitrogens is 1. The van der Waals surface area contributed by atoms with Crippen LogP contribution in [0.5, 0.6) is 0 Å². The van der Waals surface area contributed by atoms with Crippen molar-refractivity contribution in [3.05, 3.63) is 17.1 Å². The van der Waals surface area contributed by atoms with Crippen LogP contribution in [0, 0.1) is 0 Å². The van der Waals surface area contributed by atoms with Crippen molar-refractivity contribution in [2.75, 3.05) is 6.54 Å². The molecule has 17 heavy (non-hydrogen) atoms. The highest BCUT2D eigenvalue weighted by Crippen LogP contribution is 1.85. The van der Waals surface area contributed by atoms with Crippen molar-refractivity contribution >= 4 is 29.4 Å². The second-order valence-corrected chi connectivity index (χ2v) is 3.11. The summed E-state index contributed by atoms with van der Waals surface area (Å²) in [6.07, 6.45) is 2.52. The summed E-state index contributed by atoms with van der Waals surface area (Å²) in [7, 11) is 0. The highest BCUT2D eigenvalue weighted by molar-refractivity contribution is 7.07. The van der Waals surface area contributed by atoms with E-state index in [1.807, 2.05) is 5.38 Å². The molecule has 1 rings (SSSR count). The van der Waals surface area contributed by atoms with Gasteiger partial charge in [0.05, 0.1) is 12.1 Å². The van der Waals surface area contributed by atoms with Crippen molar-refractivity contribution in [1.29, 1.82) is 0 Å². The Morgan fingerprint density at radius 1 is 1.53 bits per heavy atom. The van der Waals surface area contributed by atoms with Crippen LogP contribution < -0.4 is 10.8 Å². The Kier molecular flexibility index (Phi) is 14.7. The van der Waals surface area contributed by atoms with Gasteiger partial charge in [0.2, 0.25) is 5.91 Å². The Balaban J connectivity index is 0. The molecule has 0 spiro atoms. The van der Waals surface area contributed by atoms with Crippen LogP contribution in [0.4, 0.5) is 0 Å². The molecule has 1 aromatic rings. The zero-order chi connectivity index (χ0) is 13.5. The lowest BCUT2D eigenvalue weighted by Crippen LogP contribution is -2.34. The Hall–Kier alpha value is -1.80. The fourth-order valence-electron chi connectivity index (χ4n) is 0.420. The molecule has 0 atom stereocenters. The number of thiazole rings is 1. The van der Waals surface area contributed by atoms with E-state index in [2.05, 4.69) is 10.3 Å². The molecule has 8 heteroatoms. The van der Waals surface area contributed by atoms with E-state index in [4.69, 9.17) is 10.0 Å². The molecule has 0 aliphatic rings. The summed E-state index contributed by atoms with van der Waals surface area (Å²) in [6, 6.07) is 0. The average molecular weight is 261 g/mol. The Bertz CT molecular complexity index is 286. The highest BCUT2D eigenvalue weighted by atomic mass is 32.1. The summed E-state index contributed by atoms with van der Waals surface area (Å²) < 4.78 is 0. The van der Waals surface area contributed by atoms with Gasteiger partial charge < -0.3 is 10.1 Å². The lowest BCUT2D eigenvalue weighted by molar-refractivity contribution is -0.130. The molecule has 0 radical (unpaired) electrons. The number of amides is 2. The molecular weight excluding hydrogens is 246 g/mol. The minimum atomic E-state index is -0.634. The topological polar surface area (TPSA) is 108 Å². The fourth-order valence-corrected chi connectivity index (χ4v) is 0.771. The van der Waals surface area contributed by atoms with Gasteiger partial charge in [-0.25, -0.2) is 5.48 Å². The molecular formula is C9H15N3O4S. The Morgan fingerprint density at radius 3 is 2.35 bits per heavy atom. The van der Waals surface area contributed by atoms with Gasteiger partial charge in [0.15, 0.2) is 0 Å². The normalized spacial score (nSPS) is 7.47. The lowest BCUT2D eigenvalue weighted by Gasteiger charge is -1.97. The number of carbonyl (C=O) groups excluding carboxylic acids is 3. The van der Waals surface area contributed by atoms with E-state index in [1.54, 1.807) is 23.0 Å². The molecule has 1 aromatic heterocycles. The van der Waals surface area contributed by atoms with Gasteiger partial charge in [0.1, 0.15) is 6.29 Å². The minimum absolute atomic E-state index is 0.189. The van der Waals surface area contributed by atoms with Gasteiger partial charge in [-0.3, -0.25) is 19.8 Å². The summed E-state index contributed by atoms with van der Waals surface area (Å²) >= 11 is 1.60. The third-order valence-corrected chi connectivity index (χ3v) is 1.49. The van der Waals surface area contributed by atoms with Crippen LogP contribution in [0.1, 0.15) is 13.8 Å². The van der Waals surface area contributed by atoms with E-state index in [0.717, 1.165) is 6.29 Å². The van der Waals surface area contributed by atoms with Crippen LogP contribution in [0.3, 0.4) is 0 Å². The predicted octanol–water partition coefficient (Wildman–Crippen LogP) is -0.0238. The Labute approximate surface area is 103 Å². The van der Waals surface area contributed by atoms with E-state index in [-0.39, 0.29) is 12.5 Å². The first-order valence-corrected chi connectivity index (χ1v) is 5.42. The number of nitrogens with zero attached hydrogens (tertiary/aromatic N) is 1. The maximum absolute atomic E-state index is 10.1. The lowest BCUT2D eigenvalue weighted by atomic mass is 10.6. The minimum Gasteiger partial charge on any atom is -0.347 e. The zero-order valence-corrected chi connectivity index (χ0v) is 10.4. The molecule has 0 unspecified atom stereocenters. The smallest absolute Gasteiger partial charge is 0.262 e. The molecule has 0 fully saturated rings. The molecule has 96 valence electrons.